The minimum Gasteiger partial charge on any atom is -0.269 e. The molecule has 145 valence electrons. The van der Waals surface area contributed by atoms with E-state index in [2.05, 4.69) is 24.9 Å². The van der Waals surface area contributed by atoms with Crippen molar-refractivity contribution >= 4 is 48.3 Å². The smallest absolute Gasteiger partial charge is 0.265 e. The third-order valence-electron chi connectivity index (χ3n) is 3.69. The Kier molecular flexibility index (Phi) is 4.74. The zero-order valence-corrected chi connectivity index (χ0v) is 15.5. The van der Waals surface area contributed by atoms with Gasteiger partial charge in [0.25, 0.3) is 31.9 Å². The van der Waals surface area contributed by atoms with Gasteiger partial charge in [-0.25, -0.2) is 21.7 Å². The van der Waals surface area contributed by atoms with Gasteiger partial charge in [-0.1, -0.05) is 6.07 Å². The van der Waals surface area contributed by atoms with Gasteiger partial charge in [-0.05, 0) is 34.6 Å². The van der Waals surface area contributed by atoms with Gasteiger partial charge >= 0.3 is 0 Å². The number of anilines is 1. The molecule has 1 heterocycles. The lowest BCUT2D eigenvalue weighted by Gasteiger charge is -2.15. The van der Waals surface area contributed by atoms with Crippen molar-refractivity contribution in [1.29, 1.82) is 0 Å². The second-order valence-electron chi connectivity index (χ2n) is 5.37. The maximum atomic E-state index is 12.3. The van der Waals surface area contributed by atoms with Gasteiger partial charge in [0.2, 0.25) is 0 Å². The van der Waals surface area contributed by atoms with Crippen LogP contribution in [0.4, 0.5) is 5.69 Å². The van der Waals surface area contributed by atoms with E-state index in [1.165, 1.54) is 12.1 Å². The summed E-state index contributed by atoms with van der Waals surface area (Å²) in [6.07, 6.45) is 2.02. The van der Waals surface area contributed by atoms with Crippen molar-refractivity contribution in [1.82, 2.24) is 0 Å². The zero-order valence-electron chi connectivity index (χ0n) is 13.9. The van der Waals surface area contributed by atoms with Crippen LogP contribution >= 0.6 is 0 Å². The van der Waals surface area contributed by atoms with Crippen LogP contribution in [0.3, 0.4) is 0 Å². The molecule has 0 aliphatic carbocycles. The number of rotatable bonds is 5. The lowest BCUT2D eigenvalue weighted by molar-refractivity contribution is -0.119. The number of carbonyl (C=O) groups excluding carboxylic acids is 2. The topological polar surface area (TPSA) is 203 Å². The van der Waals surface area contributed by atoms with E-state index in [1.54, 1.807) is 0 Å². The van der Waals surface area contributed by atoms with Gasteiger partial charge in [-0.15, -0.1) is 0 Å². The van der Waals surface area contributed by atoms with Crippen molar-refractivity contribution in [3.8, 4) is 0 Å². The fourth-order valence-electron chi connectivity index (χ4n) is 2.52. The molecule has 0 saturated heterocycles. The van der Waals surface area contributed by atoms with Crippen molar-refractivity contribution in [2.45, 2.75) is 9.79 Å². The molecule has 3 rings (SSSR count). The maximum Gasteiger partial charge on any atom is 0.265 e. The highest BCUT2D eigenvalue weighted by atomic mass is 32.2. The molecule has 2 amide bonds. The van der Waals surface area contributed by atoms with Crippen molar-refractivity contribution in [2.24, 2.45) is 9.04 Å². The summed E-state index contributed by atoms with van der Waals surface area (Å²) in [5.41, 5.74) is 16.8. The second-order valence-corrected chi connectivity index (χ2v) is 8.50. The first-order valence-corrected chi connectivity index (χ1v) is 10.2. The van der Waals surface area contributed by atoms with Gasteiger partial charge in [0.15, 0.2) is 0 Å². The fourth-order valence-corrected chi connectivity index (χ4v) is 4.22. The van der Waals surface area contributed by atoms with Gasteiger partial charge in [0, 0.05) is 42.5 Å². The number of benzene rings is 2. The van der Waals surface area contributed by atoms with Gasteiger partial charge in [0.1, 0.15) is 0 Å². The molecule has 2 aromatic rings. The van der Waals surface area contributed by atoms with E-state index in [4.69, 9.17) is 11.1 Å². The van der Waals surface area contributed by atoms with Crippen LogP contribution in [0.25, 0.3) is 31.7 Å². The molecule has 0 spiro atoms. The first kappa shape index (κ1) is 19.9. The summed E-state index contributed by atoms with van der Waals surface area (Å²) in [4.78, 5) is 27.4. The summed E-state index contributed by atoms with van der Waals surface area (Å²) in [7, 11) is -9.30. The first-order valence-electron chi connectivity index (χ1n) is 7.30. The summed E-state index contributed by atoms with van der Waals surface area (Å²) in [5.74, 6) is -1.37. The van der Waals surface area contributed by atoms with E-state index in [-0.39, 0.29) is 16.5 Å². The lowest BCUT2D eigenvalue weighted by atomic mass is 10.1. The van der Waals surface area contributed by atoms with Crippen LogP contribution in [-0.2, 0) is 29.6 Å². The van der Waals surface area contributed by atoms with Crippen LogP contribution in [0.15, 0.2) is 55.2 Å². The molecule has 1 radical (unpaired) electrons. The summed E-state index contributed by atoms with van der Waals surface area (Å²) in [6, 6.07) is 6.65. The summed E-state index contributed by atoms with van der Waals surface area (Å²) >= 11 is 0. The van der Waals surface area contributed by atoms with Gasteiger partial charge in [-0.3, -0.25) is 9.59 Å². The number of nitrogens with zero attached hydrogens (tertiary/aromatic N) is 7. The molecule has 0 N–H and O–H groups in total. The average molecular weight is 432 g/mol. The predicted octanol–water partition coefficient (Wildman–Crippen LogP) is 2.07. The molecule has 0 unspecified atom stereocenters. The quantitative estimate of drug-likeness (QED) is 0.299. The molecular formula is C14H6N7O6S2. The highest BCUT2D eigenvalue weighted by Gasteiger charge is 2.27. The number of azide groups is 2. The molecular weight excluding hydrogens is 426 g/mol. The van der Waals surface area contributed by atoms with E-state index in [1.807, 2.05) is 0 Å². The summed E-state index contributed by atoms with van der Waals surface area (Å²) < 4.78 is 54.1. The predicted molar refractivity (Wildman–Crippen MR) is 97.1 cm³/mol. The highest BCUT2D eigenvalue weighted by molar-refractivity contribution is 7.91. The molecule has 0 fully saturated rings. The van der Waals surface area contributed by atoms with E-state index in [0.29, 0.717) is 11.0 Å². The van der Waals surface area contributed by atoms with Crippen LogP contribution in [0, 0.1) is 6.07 Å². The van der Waals surface area contributed by atoms with Gasteiger partial charge in [-0.2, -0.15) is 0 Å². The number of sulfonamides is 2. The summed E-state index contributed by atoms with van der Waals surface area (Å²) in [6.45, 7) is 0. The molecule has 0 bridgehead atoms. The Morgan fingerprint density at radius 2 is 1.48 bits per heavy atom. The van der Waals surface area contributed by atoms with Crippen molar-refractivity contribution < 1.29 is 26.4 Å². The minimum absolute atomic E-state index is 0.0123. The molecule has 15 heteroatoms. The third kappa shape index (κ3) is 3.49. The lowest BCUT2D eigenvalue weighted by Crippen LogP contribution is -2.29. The Labute approximate surface area is 162 Å². The molecule has 1 aliphatic heterocycles. The number of carbonyl (C=O) groups is 2. The van der Waals surface area contributed by atoms with Crippen LogP contribution in [0.1, 0.15) is 0 Å². The second kappa shape index (κ2) is 6.92. The largest absolute Gasteiger partial charge is 0.269 e. The Morgan fingerprint density at radius 1 is 0.897 bits per heavy atom. The number of hydrogen-bond acceptors (Lipinski definition) is 6. The SMILES string of the molecule is [N-]=[N+]=NS(=O)(=O)c1cc(S(=O)(=O)N=[N+]=[N-])c2[c]c(N3C(=O)C=CC3=O)ccc2c1. The Hall–Kier alpha value is -3.90. The molecule has 0 atom stereocenters. The zero-order chi connectivity index (χ0) is 21.4. The van der Waals surface area contributed by atoms with Crippen molar-refractivity contribution in [3.05, 3.63) is 63.4 Å². The highest BCUT2D eigenvalue weighted by Crippen LogP contribution is 2.32. The van der Waals surface area contributed by atoms with Gasteiger partial charge < -0.3 is 0 Å². The molecule has 29 heavy (non-hydrogen) atoms. The van der Waals surface area contributed by atoms with Crippen molar-refractivity contribution in [3.63, 3.8) is 0 Å². The normalized spacial score (nSPS) is 14.0. The molecule has 1 aliphatic rings. The Bertz CT molecular complexity index is 1410. The van der Waals surface area contributed by atoms with Crippen molar-refractivity contribution in [2.75, 3.05) is 4.90 Å². The van der Waals surface area contributed by atoms with Crippen LogP contribution in [0.2, 0.25) is 0 Å². The maximum absolute atomic E-state index is 12.3. The van der Waals surface area contributed by atoms with Crippen LogP contribution < -0.4 is 4.90 Å². The number of fused-ring (bicyclic) bond motifs is 1. The minimum atomic E-state index is -4.73. The molecule has 0 saturated carbocycles. The van der Waals surface area contributed by atoms with Crippen LogP contribution in [0.5, 0.6) is 0 Å². The number of amides is 2. The Balaban J connectivity index is 2.38. The fraction of sp³-hybridized carbons (Fsp3) is 0. The van der Waals surface area contributed by atoms with Crippen LogP contribution in [-0.4, -0.2) is 28.6 Å². The standard InChI is InChI=1S/C14H6N7O6S2/c15-17-19-28(24,25)10-5-8-1-2-9(21-13(22)3-4-14(21)23)6-11(8)12(7-10)29(26,27)20-18-16/h1-5,7H. The summed E-state index contributed by atoms with van der Waals surface area (Å²) in [5, 5.41) is -0.260. The number of imide groups is 1. The van der Waals surface area contributed by atoms with E-state index in [9.17, 15) is 26.4 Å². The molecule has 0 aromatic heterocycles. The molecule has 2 aromatic carbocycles. The van der Waals surface area contributed by atoms with E-state index in [0.717, 1.165) is 18.2 Å². The van der Waals surface area contributed by atoms with E-state index < -0.39 is 41.7 Å². The van der Waals surface area contributed by atoms with Gasteiger partial charge in [0.05, 0.1) is 15.5 Å². The average Bonchev–Trinajstić information content (AvgIpc) is 2.98. The Morgan fingerprint density at radius 3 is 2.07 bits per heavy atom. The van der Waals surface area contributed by atoms with E-state index >= 15 is 0 Å². The monoisotopic (exact) mass is 432 g/mol. The first-order chi connectivity index (χ1) is 13.6. The molecule has 13 nitrogen and oxygen atoms in total. The third-order valence-corrected chi connectivity index (χ3v) is 5.98. The number of hydrogen-bond donors (Lipinski definition) is 0.